The van der Waals surface area contributed by atoms with E-state index in [1.807, 2.05) is 29.6 Å². The number of rotatable bonds is 43. The molecule has 8 amide bonds. The molecule has 7 unspecified atom stereocenters. The van der Waals surface area contributed by atoms with Gasteiger partial charge in [-0.05, 0) is 99.2 Å². The number of pyridine rings is 2. The number of hydrogen-bond acceptors (Lipinski definition) is 17. The van der Waals surface area contributed by atoms with Crippen molar-refractivity contribution in [3.05, 3.63) is 98.6 Å². The van der Waals surface area contributed by atoms with Crippen LogP contribution in [0.4, 0.5) is 28.6 Å². The number of ether oxygens (including phenoxy) is 3. The molecule has 2 aromatic carbocycles. The number of nitrogens with zero attached hydrogens (tertiary/aromatic N) is 3. The van der Waals surface area contributed by atoms with E-state index >= 15 is 4.39 Å². The van der Waals surface area contributed by atoms with Crippen LogP contribution in [0.5, 0.6) is 0 Å². The maximum atomic E-state index is 15.6. The summed E-state index contributed by atoms with van der Waals surface area (Å²) in [4.78, 5) is 132. The molecule has 7 heterocycles. The van der Waals surface area contributed by atoms with E-state index in [0.717, 1.165) is 105 Å². The molecule has 4 aromatic rings. The lowest BCUT2D eigenvalue weighted by Gasteiger charge is -2.20. The molecule has 0 radical (unpaired) electrons. The van der Waals surface area contributed by atoms with Gasteiger partial charge in [0.1, 0.15) is 28.8 Å². The minimum Gasteiger partial charge on any atom is -0.477 e. The van der Waals surface area contributed by atoms with Gasteiger partial charge in [-0.3, -0.25) is 38.1 Å². The van der Waals surface area contributed by atoms with Crippen molar-refractivity contribution >= 4 is 93.6 Å². The Labute approximate surface area is 580 Å². The fraction of sp³-hybridized carbons (Fsp3) is 0.580. The number of hydrogen-bond donors (Lipinski definition) is 9. The summed E-state index contributed by atoms with van der Waals surface area (Å²) in [6, 6.07) is 8.61. The van der Waals surface area contributed by atoms with E-state index in [2.05, 4.69) is 47.5 Å². The van der Waals surface area contributed by atoms with Gasteiger partial charge in [0.05, 0.1) is 74.9 Å². The summed E-state index contributed by atoms with van der Waals surface area (Å²) in [5.74, 6) is -3.66. The number of carbonyl (C=O) groups is 9. The van der Waals surface area contributed by atoms with Gasteiger partial charge in [-0.25, -0.2) is 32.5 Å². The third-order valence-corrected chi connectivity index (χ3v) is 21.1. The van der Waals surface area contributed by atoms with Crippen molar-refractivity contribution in [2.75, 3.05) is 88.8 Å². The predicted octanol–water partition coefficient (Wildman–Crippen LogP) is 6.09. The Balaban J connectivity index is 0.637. The molecular weight excluding hydrogens is 1330 g/mol. The predicted molar refractivity (Wildman–Crippen MR) is 367 cm³/mol. The molecule has 0 saturated carbocycles. The van der Waals surface area contributed by atoms with Gasteiger partial charge in [0, 0.05) is 124 Å². The van der Waals surface area contributed by atoms with E-state index in [0.29, 0.717) is 91.3 Å². The Morgan fingerprint density at radius 3 is 1.74 bits per heavy atom. The third-order valence-electron chi connectivity index (χ3n) is 18.1. The molecule has 30 heteroatoms. The molecule has 7 atom stereocenters. The summed E-state index contributed by atoms with van der Waals surface area (Å²) in [5, 5.41) is 33.6. The Morgan fingerprint density at radius 1 is 0.596 bits per heavy atom. The highest BCUT2D eigenvalue weighted by Crippen LogP contribution is 2.35. The van der Waals surface area contributed by atoms with Gasteiger partial charge in [-0.1, -0.05) is 31.7 Å². The number of unbranched alkanes of at least 4 members (excludes halogenated alkanes) is 6. The van der Waals surface area contributed by atoms with Crippen molar-refractivity contribution in [2.24, 2.45) is 0 Å². The Kier molecular flexibility index (Phi) is 29.0. The lowest BCUT2D eigenvalue weighted by atomic mass is 9.96. The highest BCUT2D eigenvalue weighted by molar-refractivity contribution is 8.00. The zero-order valence-electron chi connectivity index (χ0n) is 55.5. The third kappa shape index (κ3) is 22.9. The molecule has 5 aliphatic rings. The maximum absolute atomic E-state index is 15.6. The summed E-state index contributed by atoms with van der Waals surface area (Å²) in [5.41, 5.74) is -0.813. The van der Waals surface area contributed by atoms with Gasteiger partial charge in [0.15, 0.2) is 17.3 Å². The first kappa shape index (κ1) is 75.4. The van der Waals surface area contributed by atoms with E-state index < -0.39 is 51.7 Å². The first-order chi connectivity index (χ1) is 47.8. The van der Waals surface area contributed by atoms with Crippen LogP contribution in [0.3, 0.4) is 0 Å². The number of carbonyl (C=O) groups excluding carboxylic acids is 8. The smallest absolute Gasteiger partial charge is 0.341 e. The normalized spacial score (nSPS) is 19.8. The second-order valence-electron chi connectivity index (χ2n) is 25.7. The minimum atomic E-state index is -1.63. The van der Waals surface area contributed by atoms with Gasteiger partial charge in [0.2, 0.25) is 23.2 Å². The maximum Gasteiger partial charge on any atom is 0.341 e. The molecule has 2 aromatic heterocycles. The van der Waals surface area contributed by atoms with Crippen molar-refractivity contribution in [3.8, 4) is 5.69 Å². The van der Waals surface area contributed by atoms with Crippen LogP contribution < -0.4 is 52.9 Å². The topological polar surface area (TPSA) is 336 Å². The minimum absolute atomic E-state index is 0.00182. The van der Waals surface area contributed by atoms with Gasteiger partial charge in [-0.15, -0.1) is 0 Å². The second-order valence-corrected chi connectivity index (χ2v) is 28.2. The number of carboxylic acids is 1. The molecule has 9 rings (SSSR count). The van der Waals surface area contributed by atoms with Crippen molar-refractivity contribution in [2.45, 2.75) is 169 Å². The number of ketones is 2. The Morgan fingerprint density at radius 2 is 1.16 bits per heavy atom. The fourth-order valence-corrected chi connectivity index (χ4v) is 16.1. The number of aromatic nitrogens is 2. The molecule has 25 nitrogen and oxygen atoms in total. The molecule has 5 aliphatic heterocycles. The Bertz CT molecular complexity index is 3490. The van der Waals surface area contributed by atoms with Crippen LogP contribution in [-0.4, -0.2) is 192 Å². The molecule has 99 heavy (non-hydrogen) atoms. The molecule has 0 bridgehead atoms. The molecule has 9 N–H and O–H groups in total. The van der Waals surface area contributed by atoms with Crippen molar-refractivity contribution in [3.63, 3.8) is 0 Å². The summed E-state index contributed by atoms with van der Waals surface area (Å²) >= 11 is 3.73. The summed E-state index contributed by atoms with van der Waals surface area (Å²) < 4.78 is 62.2. The lowest BCUT2D eigenvalue weighted by molar-refractivity contribution is -0.123. The first-order valence-electron chi connectivity index (χ1n) is 34.4. The van der Waals surface area contributed by atoms with Crippen molar-refractivity contribution in [1.82, 2.24) is 52.1 Å². The zero-order chi connectivity index (χ0) is 70.2. The van der Waals surface area contributed by atoms with Crippen molar-refractivity contribution in [1.29, 1.82) is 0 Å². The summed E-state index contributed by atoms with van der Waals surface area (Å²) in [6.45, 7) is 2.68. The number of fused-ring (bicyclic) bond motifs is 3. The number of aromatic carboxylic acids is 1. The standard InChI is InChI=1S/C69H90F3N11O14S2/c70-45-17-18-55(51(71)36-45)83-39-50(67(91)92)63(89)49-37-52(72)65(81-64(49)83)82-24-19-46(38-82)76-60(88)20-25-95-27-29-97-30-28-96-26-23-75-66(90)44-32-42(34-47(84)11-3-1-9-21-73-58(86)15-7-5-13-56-61-53(40-98-56)77-68(93)79-61)31-43(33-44)35-48(85)12-4-2-10-22-74-59(87)16-8-6-14-57-62-54(41-99-57)78-69(94)80-62/h17-18,31-33,36-37,39,46,53-54,56-57,61-62H,1-16,19-30,34-35,38,40-41H2,(H,73,86)(H,74,87)(H,75,90)(H,76,88)(H,91,92)(H2,77,79,93)(H2,78,80,94). The summed E-state index contributed by atoms with van der Waals surface area (Å²) in [6.07, 6.45) is 12.4. The van der Waals surface area contributed by atoms with E-state index in [-0.39, 0.29) is 161 Å². The summed E-state index contributed by atoms with van der Waals surface area (Å²) in [7, 11) is 0. The number of amides is 8. The van der Waals surface area contributed by atoms with E-state index in [9.17, 15) is 61.8 Å². The first-order valence-corrected chi connectivity index (χ1v) is 36.5. The zero-order valence-corrected chi connectivity index (χ0v) is 57.2. The molecule has 0 spiro atoms. The van der Waals surface area contributed by atoms with Gasteiger partial charge in [-0.2, -0.15) is 23.5 Å². The van der Waals surface area contributed by atoms with Crippen LogP contribution in [0.1, 0.15) is 147 Å². The van der Waals surface area contributed by atoms with Crippen LogP contribution >= 0.6 is 23.5 Å². The van der Waals surface area contributed by atoms with Crippen LogP contribution in [0, 0.1) is 17.5 Å². The average Bonchev–Trinajstić information content (AvgIpc) is 1.39. The number of anilines is 1. The van der Waals surface area contributed by atoms with Crippen LogP contribution in [0.15, 0.2) is 53.5 Å². The highest BCUT2D eigenvalue weighted by Gasteiger charge is 2.44. The number of nitrogens with one attached hydrogen (secondary N) is 8. The largest absolute Gasteiger partial charge is 0.477 e. The number of thioether (sulfide) groups is 2. The monoisotopic (exact) mass is 1420 g/mol. The molecule has 0 aliphatic carbocycles. The van der Waals surface area contributed by atoms with E-state index in [1.165, 1.54) is 4.90 Å². The van der Waals surface area contributed by atoms with E-state index in [4.69, 9.17) is 14.2 Å². The van der Waals surface area contributed by atoms with Gasteiger partial charge in [0.25, 0.3) is 5.91 Å². The van der Waals surface area contributed by atoms with Gasteiger partial charge < -0.3 is 66.8 Å². The van der Waals surface area contributed by atoms with Crippen LogP contribution in [0.25, 0.3) is 16.7 Å². The second kappa shape index (κ2) is 38.1. The van der Waals surface area contributed by atoms with Crippen molar-refractivity contribution < 1.29 is 75.6 Å². The van der Waals surface area contributed by atoms with Crippen LogP contribution in [-0.2, 0) is 51.0 Å². The van der Waals surface area contributed by atoms with E-state index in [1.54, 1.807) is 12.1 Å². The quantitative estimate of drug-likeness (QED) is 0.0179. The molecule has 5 fully saturated rings. The number of halogens is 3. The molecular formula is C69H90F3N11O14S2. The average molecular weight is 1420 g/mol. The molecule has 538 valence electrons. The number of Topliss-reactive ketones (excluding diaryl/α,β-unsaturated/α-hetero) is 2. The van der Waals surface area contributed by atoms with Gasteiger partial charge >= 0.3 is 18.0 Å². The molecule has 5 saturated heterocycles. The fourth-order valence-electron chi connectivity index (χ4n) is 13.0. The van der Waals surface area contributed by atoms with Crippen LogP contribution in [0.2, 0.25) is 0 Å². The number of carboxylic acid groups (broad SMARTS) is 1. The Hall–Kier alpha value is -7.80. The number of benzene rings is 2. The highest BCUT2D eigenvalue weighted by atomic mass is 32.2. The SMILES string of the molecule is O=C(CCCCCNC(=O)CCCCC1SCC2NC(=O)NC21)Cc1cc(CC(=O)CCCCCNC(=O)CCCCC2SCC3NC(=O)NC32)cc(C(=O)NCCOCCOCCOCCC(=O)NC2CCN(c3nc4c(cc3F)c(=O)c(C(=O)O)cn4-c3ccc(F)cc3F)C2)c1. The number of urea groups is 2. The lowest BCUT2D eigenvalue weighted by Crippen LogP contribution is -2.37.